The SMILES string of the molecule is CCNC(Cc1cccc(Cl)c1)c1c(Cl)cnn1CC. The zero-order valence-corrected chi connectivity index (χ0v) is 13.2. The van der Waals surface area contributed by atoms with Gasteiger partial charge in [0.05, 0.1) is 23.0 Å². The number of hydrogen-bond donors (Lipinski definition) is 1. The first-order chi connectivity index (χ1) is 9.65. The average Bonchev–Trinajstić information content (AvgIpc) is 2.79. The van der Waals surface area contributed by atoms with E-state index in [0.717, 1.165) is 30.2 Å². The van der Waals surface area contributed by atoms with E-state index >= 15 is 0 Å². The van der Waals surface area contributed by atoms with Gasteiger partial charge in [0.2, 0.25) is 0 Å². The Morgan fingerprint density at radius 1 is 1.30 bits per heavy atom. The van der Waals surface area contributed by atoms with Crippen molar-refractivity contribution in [1.82, 2.24) is 15.1 Å². The van der Waals surface area contributed by atoms with Crippen LogP contribution >= 0.6 is 23.2 Å². The Labute approximate surface area is 129 Å². The molecule has 0 fully saturated rings. The molecule has 5 heteroatoms. The monoisotopic (exact) mass is 311 g/mol. The van der Waals surface area contributed by atoms with Crippen molar-refractivity contribution < 1.29 is 0 Å². The van der Waals surface area contributed by atoms with E-state index in [1.165, 1.54) is 5.56 Å². The van der Waals surface area contributed by atoms with Gasteiger partial charge in [-0.05, 0) is 37.6 Å². The van der Waals surface area contributed by atoms with Crippen molar-refractivity contribution in [2.24, 2.45) is 0 Å². The summed E-state index contributed by atoms with van der Waals surface area (Å²) >= 11 is 12.4. The summed E-state index contributed by atoms with van der Waals surface area (Å²) in [6.45, 7) is 5.83. The summed E-state index contributed by atoms with van der Waals surface area (Å²) in [5, 5.41) is 9.26. The molecular weight excluding hydrogens is 293 g/mol. The maximum atomic E-state index is 6.30. The van der Waals surface area contributed by atoms with E-state index < -0.39 is 0 Å². The smallest absolute Gasteiger partial charge is 0.0834 e. The summed E-state index contributed by atoms with van der Waals surface area (Å²) < 4.78 is 1.94. The highest BCUT2D eigenvalue weighted by molar-refractivity contribution is 6.31. The second-order valence-corrected chi connectivity index (χ2v) is 5.48. The van der Waals surface area contributed by atoms with Crippen LogP contribution in [0.4, 0.5) is 0 Å². The lowest BCUT2D eigenvalue weighted by atomic mass is 10.0. The Hall–Kier alpha value is -1.03. The number of nitrogens with zero attached hydrogens (tertiary/aromatic N) is 2. The highest BCUT2D eigenvalue weighted by Crippen LogP contribution is 2.26. The Morgan fingerprint density at radius 2 is 2.10 bits per heavy atom. The van der Waals surface area contributed by atoms with Gasteiger partial charge in [0.25, 0.3) is 0 Å². The van der Waals surface area contributed by atoms with Crippen LogP contribution in [0.1, 0.15) is 31.1 Å². The molecule has 1 N–H and O–H groups in total. The first-order valence-corrected chi connectivity index (χ1v) is 7.60. The zero-order chi connectivity index (χ0) is 14.5. The van der Waals surface area contributed by atoms with Crippen molar-refractivity contribution in [3.8, 4) is 0 Å². The maximum absolute atomic E-state index is 6.30. The van der Waals surface area contributed by atoms with Gasteiger partial charge in [0.1, 0.15) is 0 Å². The summed E-state index contributed by atoms with van der Waals surface area (Å²) in [4.78, 5) is 0. The standard InChI is InChI=1S/C15H19Cl2N3/c1-3-18-14(9-11-6-5-7-12(16)8-11)15-13(17)10-19-20(15)4-2/h5-8,10,14,18H,3-4,9H2,1-2H3. The predicted octanol–water partition coefficient (Wildman–Crippen LogP) is 4.10. The lowest BCUT2D eigenvalue weighted by Crippen LogP contribution is -2.26. The van der Waals surface area contributed by atoms with Gasteiger partial charge in [0, 0.05) is 11.6 Å². The molecule has 0 saturated carbocycles. The predicted molar refractivity (Wildman–Crippen MR) is 84.5 cm³/mol. The number of hydrogen-bond acceptors (Lipinski definition) is 2. The van der Waals surface area contributed by atoms with Gasteiger partial charge < -0.3 is 5.32 Å². The van der Waals surface area contributed by atoms with Gasteiger partial charge in [0.15, 0.2) is 0 Å². The summed E-state index contributed by atoms with van der Waals surface area (Å²) in [6.07, 6.45) is 2.54. The van der Waals surface area contributed by atoms with Crippen LogP contribution in [0.2, 0.25) is 10.0 Å². The van der Waals surface area contributed by atoms with Crippen LogP contribution in [0.25, 0.3) is 0 Å². The van der Waals surface area contributed by atoms with Crippen molar-refractivity contribution >= 4 is 23.2 Å². The third kappa shape index (κ3) is 3.54. The number of halogens is 2. The summed E-state index contributed by atoms with van der Waals surface area (Å²) in [5.74, 6) is 0. The van der Waals surface area contributed by atoms with Gasteiger partial charge in [-0.2, -0.15) is 5.10 Å². The van der Waals surface area contributed by atoms with Crippen LogP contribution in [0.5, 0.6) is 0 Å². The van der Waals surface area contributed by atoms with Crippen molar-refractivity contribution in [2.45, 2.75) is 32.9 Å². The molecule has 0 aliphatic carbocycles. The molecule has 0 bridgehead atoms. The van der Waals surface area contributed by atoms with E-state index in [2.05, 4.69) is 30.3 Å². The minimum absolute atomic E-state index is 0.133. The molecule has 1 unspecified atom stereocenters. The molecule has 108 valence electrons. The molecule has 0 saturated heterocycles. The third-order valence-corrected chi connectivity index (χ3v) is 3.77. The molecule has 0 radical (unpaired) electrons. The van der Waals surface area contributed by atoms with Gasteiger partial charge in [-0.15, -0.1) is 0 Å². The minimum Gasteiger partial charge on any atom is -0.309 e. The molecule has 0 spiro atoms. The fourth-order valence-corrected chi connectivity index (χ4v) is 2.87. The van der Waals surface area contributed by atoms with E-state index in [0.29, 0.717) is 5.02 Å². The fraction of sp³-hybridized carbons (Fsp3) is 0.400. The van der Waals surface area contributed by atoms with Crippen LogP contribution in [0, 0.1) is 0 Å². The molecule has 0 aliphatic rings. The first-order valence-electron chi connectivity index (χ1n) is 6.84. The van der Waals surface area contributed by atoms with E-state index in [9.17, 15) is 0 Å². The molecule has 0 aliphatic heterocycles. The summed E-state index contributed by atoms with van der Waals surface area (Å²) in [7, 11) is 0. The van der Waals surface area contributed by atoms with Crippen molar-refractivity contribution in [1.29, 1.82) is 0 Å². The van der Waals surface area contributed by atoms with Crippen molar-refractivity contribution in [3.63, 3.8) is 0 Å². The molecular formula is C15H19Cl2N3. The maximum Gasteiger partial charge on any atom is 0.0834 e. The van der Waals surface area contributed by atoms with Gasteiger partial charge in [-0.3, -0.25) is 4.68 Å². The van der Waals surface area contributed by atoms with Gasteiger partial charge >= 0.3 is 0 Å². The van der Waals surface area contributed by atoms with E-state index in [-0.39, 0.29) is 6.04 Å². The minimum atomic E-state index is 0.133. The van der Waals surface area contributed by atoms with E-state index in [4.69, 9.17) is 23.2 Å². The molecule has 20 heavy (non-hydrogen) atoms. The topological polar surface area (TPSA) is 29.9 Å². The van der Waals surface area contributed by atoms with Gasteiger partial charge in [-0.25, -0.2) is 0 Å². The van der Waals surface area contributed by atoms with E-state index in [1.54, 1.807) is 6.20 Å². The molecule has 2 rings (SSSR count). The fourth-order valence-electron chi connectivity index (χ4n) is 2.38. The molecule has 2 aromatic rings. The number of aromatic nitrogens is 2. The summed E-state index contributed by atoms with van der Waals surface area (Å²) in [6, 6.07) is 8.06. The average molecular weight is 312 g/mol. The van der Waals surface area contributed by atoms with Crippen LogP contribution in [-0.2, 0) is 13.0 Å². The molecule has 1 heterocycles. The number of benzene rings is 1. The van der Waals surface area contributed by atoms with Crippen LogP contribution in [-0.4, -0.2) is 16.3 Å². The van der Waals surface area contributed by atoms with Gasteiger partial charge in [-0.1, -0.05) is 42.3 Å². The zero-order valence-electron chi connectivity index (χ0n) is 11.7. The molecule has 0 amide bonds. The summed E-state index contributed by atoms with van der Waals surface area (Å²) in [5.41, 5.74) is 2.22. The molecule has 1 atom stereocenters. The van der Waals surface area contributed by atoms with Crippen LogP contribution in [0.3, 0.4) is 0 Å². The lowest BCUT2D eigenvalue weighted by molar-refractivity contribution is 0.490. The van der Waals surface area contributed by atoms with Crippen molar-refractivity contribution in [2.75, 3.05) is 6.54 Å². The van der Waals surface area contributed by atoms with E-state index in [1.807, 2.05) is 22.9 Å². The highest BCUT2D eigenvalue weighted by atomic mass is 35.5. The van der Waals surface area contributed by atoms with Crippen LogP contribution < -0.4 is 5.32 Å². The highest BCUT2D eigenvalue weighted by Gasteiger charge is 2.19. The largest absolute Gasteiger partial charge is 0.309 e. The normalized spacial score (nSPS) is 12.6. The Bertz CT molecular complexity index is 566. The second kappa shape index (κ2) is 7.11. The number of aryl methyl sites for hydroxylation is 1. The number of nitrogens with one attached hydrogen (secondary N) is 1. The molecule has 1 aromatic carbocycles. The number of rotatable bonds is 6. The van der Waals surface area contributed by atoms with Crippen LogP contribution in [0.15, 0.2) is 30.5 Å². The third-order valence-electron chi connectivity index (χ3n) is 3.24. The molecule has 3 nitrogen and oxygen atoms in total. The quantitative estimate of drug-likeness (QED) is 0.870. The lowest BCUT2D eigenvalue weighted by Gasteiger charge is -2.20. The first kappa shape index (κ1) is 15.4. The second-order valence-electron chi connectivity index (χ2n) is 4.64. The molecule has 1 aromatic heterocycles. The van der Waals surface area contributed by atoms with Crippen molar-refractivity contribution in [3.05, 3.63) is 51.8 Å². The Morgan fingerprint density at radius 3 is 2.75 bits per heavy atom. The Balaban J connectivity index is 2.29. The number of likely N-dealkylation sites (N-methyl/N-ethyl adjacent to an activating group) is 1. The Kier molecular flexibility index (Phi) is 5.46.